The fourth-order valence-electron chi connectivity index (χ4n) is 0.233. The van der Waals surface area contributed by atoms with Crippen LogP contribution in [0.1, 0.15) is 0 Å². The van der Waals surface area contributed by atoms with Crippen LogP contribution in [0.5, 0.6) is 0 Å². The molecule has 0 bridgehead atoms. The first-order chi connectivity index (χ1) is 3.30. The number of hydrogen-bond acceptors (Lipinski definition) is 3. The first-order valence-corrected chi connectivity index (χ1v) is 2.04. The molecular formula is C3H3ClN2O. The number of nitrogen functional groups attached to an aromatic ring is 1. The molecule has 7 heavy (non-hydrogen) atoms. The highest BCUT2D eigenvalue weighted by molar-refractivity contribution is 6.31. The molecule has 0 saturated heterocycles. The molecule has 1 aromatic heterocycles. The van der Waals surface area contributed by atoms with E-state index < -0.39 is 0 Å². The summed E-state index contributed by atoms with van der Waals surface area (Å²) in [5.74, 6) is 0. The van der Waals surface area contributed by atoms with Gasteiger partial charge in [-0.05, 0) is 11.6 Å². The van der Waals surface area contributed by atoms with Crippen molar-refractivity contribution in [3.63, 3.8) is 0 Å². The van der Waals surface area contributed by atoms with Crippen molar-refractivity contribution >= 4 is 17.3 Å². The van der Waals surface area contributed by atoms with Crippen molar-refractivity contribution in [1.29, 1.82) is 0 Å². The average Bonchev–Trinajstić information content (AvgIpc) is 1.91. The molecule has 1 heterocycles. The average molecular weight is 119 g/mol. The number of nitrogens with two attached hydrogens (primary N) is 1. The number of nitrogens with zero attached hydrogens (tertiary/aromatic N) is 1. The van der Waals surface area contributed by atoms with E-state index in [1.165, 1.54) is 6.20 Å². The predicted octanol–water partition coefficient (Wildman–Crippen LogP) is 0.910. The van der Waals surface area contributed by atoms with Crippen molar-refractivity contribution in [1.82, 2.24) is 5.16 Å². The summed E-state index contributed by atoms with van der Waals surface area (Å²) in [6.45, 7) is 0. The highest BCUT2D eigenvalue weighted by atomic mass is 35.5. The summed E-state index contributed by atoms with van der Waals surface area (Å²) in [5, 5.41) is 3.44. The van der Waals surface area contributed by atoms with Gasteiger partial charge in [0.15, 0.2) is 0 Å². The van der Waals surface area contributed by atoms with E-state index in [1.54, 1.807) is 0 Å². The van der Waals surface area contributed by atoms with Crippen molar-refractivity contribution in [3.8, 4) is 0 Å². The van der Waals surface area contributed by atoms with Gasteiger partial charge in [-0.1, -0.05) is 5.16 Å². The maximum atomic E-state index is 5.27. The van der Waals surface area contributed by atoms with E-state index in [9.17, 15) is 0 Å². The van der Waals surface area contributed by atoms with Gasteiger partial charge in [-0.2, -0.15) is 0 Å². The van der Waals surface area contributed by atoms with E-state index in [1.807, 2.05) is 0 Å². The van der Waals surface area contributed by atoms with Crippen LogP contribution < -0.4 is 5.73 Å². The molecule has 0 spiro atoms. The lowest BCUT2D eigenvalue weighted by molar-refractivity contribution is 0.422. The first kappa shape index (κ1) is 4.46. The number of rotatable bonds is 0. The second kappa shape index (κ2) is 1.42. The Morgan fingerprint density at radius 1 is 1.86 bits per heavy atom. The summed E-state index contributed by atoms with van der Waals surface area (Å²) in [6.07, 6.45) is 1.35. The summed E-state index contributed by atoms with van der Waals surface area (Å²) >= 11 is 5.27. The van der Waals surface area contributed by atoms with E-state index in [0.717, 1.165) is 0 Å². The zero-order valence-electron chi connectivity index (χ0n) is 3.39. The Hall–Kier alpha value is -0.700. The standard InChI is InChI=1S/C3H3ClN2O/c4-3-2(5)1-6-7-3/h1H,5H2. The van der Waals surface area contributed by atoms with Gasteiger partial charge < -0.3 is 10.3 Å². The Morgan fingerprint density at radius 2 is 2.57 bits per heavy atom. The lowest BCUT2D eigenvalue weighted by atomic mass is 10.6. The van der Waals surface area contributed by atoms with Crippen molar-refractivity contribution in [3.05, 3.63) is 11.4 Å². The highest BCUT2D eigenvalue weighted by Gasteiger charge is 1.95. The van der Waals surface area contributed by atoms with Crippen LogP contribution >= 0.6 is 11.6 Å². The molecule has 0 amide bonds. The Morgan fingerprint density at radius 3 is 2.71 bits per heavy atom. The predicted molar refractivity (Wildman–Crippen MR) is 25.9 cm³/mol. The third-order valence-corrected chi connectivity index (χ3v) is 0.839. The lowest BCUT2D eigenvalue weighted by Gasteiger charge is -1.73. The number of aromatic nitrogens is 1. The van der Waals surface area contributed by atoms with Gasteiger partial charge in [-0.3, -0.25) is 0 Å². The van der Waals surface area contributed by atoms with E-state index >= 15 is 0 Å². The van der Waals surface area contributed by atoms with Crippen LogP contribution in [0.3, 0.4) is 0 Å². The summed E-state index contributed by atoms with van der Waals surface area (Å²) in [6, 6.07) is 0. The van der Waals surface area contributed by atoms with Crippen LogP contribution in [0.15, 0.2) is 10.7 Å². The molecule has 0 aromatic carbocycles. The van der Waals surface area contributed by atoms with E-state index in [0.29, 0.717) is 5.69 Å². The van der Waals surface area contributed by atoms with Gasteiger partial charge in [0.1, 0.15) is 5.69 Å². The molecule has 0 fully saturated rings. The van der Waals surface area contributed by atoms with E-state index in [4.69, 9.17) is 17.3 Å². The smallest absolute Gasteiger partial charge is 0.249 e. The summed E-state index contributed by atoms with van der Waals surface area (Å²) in [4.78, 5) is 0. The Kier molecular flexibility index (Phi) is 0.906. The molecule has 4 heteroatoms. The molecule has 1 aromatic rings. The van der Waals surface area contributed by atoms with Crippen LogP contribution in [0, 0.1) is 0 Å². The SMILES string of the molecule is Nc1cnoc1Cl. The van der Waals surface area contributed by atoms with Crippen LogP contribution in [0.2, 0.25) is 5.22 Å². The molecule has 1 rings (SSSR count). The van der Waals surface area contributed by atoms with Crippen LogP contribution in [0.4, 0.5) is 5.69 Å². The van der Waals surface area contributed by atoms with E-state index in [-0.39, 0.29) is 5.22 Å². The third-order valence-electron chi connectivity index (χ3n) is 0.552. The zero-order chi connectivity index (χ0) is 5.28. The normalized spacial score (nSPS) is 9.29. The van der Waals surface area contributed by atoms with Gasteiger partial charge in [0.2, 0.25) is 5.22 Å². The largest absolute Gasteiger partial charge is 0.393 e. The fourth-order valence-corrected chi connectivity index (χ4v) is 0.321. The van der Waals surface area contributed by atoms with Crippen molar-refractivity contribution in [2.45, 2.75) is 0 Å². The molecule has 0 saturated carbocycles. The highest BCUT2D eigenvalue weighted by Crippen LogP contribution is 2.14. The monoisotopic (exact) mass is 118 g/mol. The van der Waals surface area contributed by atoms with Crippen LogP contribution in [-0.4, -0.2) is 5.16 Å². The van der Waals surface area contributed by atoms with Gasteiger partial charge in [-0.25, -0.2) is 0 Å². The minimum atomic E-state index is 0.153. The topological polar surface area (TPSA) is 52.0 Å². The minimum Gasteiger partial charge on any atom is -0.393 e. The van der Waals surface area contributed by atoms with Crippen molar-refractivity contribution in [2.24, 2.45) is 0 Å². The molecule has 0 aliphatic rings. The van der Waals surface area contributed by atoms with Crippen LogP contribution in [0.25, 0.3) is 0 Å². The van der Waals surface area contributed by atoms with Crippen molar-refractivity contribution in [2.75, 3.05) is 5.73 Å². The molecule has 38 valence electrons. The molecule has 0 aliphatic carbocycles. The first-order valence-electron chi connectivity index (χ1n) is 1.66. The fraction of sp³-hybridized carbons (Fsp3) is 0. The maximum absolute atomic E-state index is 5.27. The van der Waals surface area contributed by atoms with Gasteiger partial charge in [0, 0.05) is 0 Å². The quantitative estimate of drug-likeness (QED) is 0.551. The molecular weight excluding hydrogens is 115 g/mol. The third kappa shape index (κ3) is 0.667. The lowest BCUT2D eigenvalue weighted by Crippen LogP contribution is -1.77. The summed E-state index contributed by atoms with van der Waals surface area (Å²) < 4.78 is 4.35. The molecule has 0 aliphatic heterocycles. The molecule has 0 radical (unpaired) electrons. The summed E-state index contributed by atoms with van der Waals surface area (Å²) in [7, 11) is 0. The van der Waals surface area contributed by atoms with Gasteiger partial charge in [-0.15, -0.1) is 0 Å². The van der Waals surface area contributed by atoms with Crippen molar-refractivity contribution < 1.29 is 4.52 Å². The molecule has 0 atom stereocenters. The Balaban J connectivity index is 3.12. The summed E-state index contributed by atoms with van der Waals surface area (Å²) in [5.41, 5.74) is 5.53. The van der Waals surface area contributed by atoms with Crippen LogP contribution in [-0.2, 0) is 0 Å². The van der Waals surface area contributed by atoms with Gasteiger partial charge in [0.05, 0.1) is 6.20 Å². The molecule has 3 nitrogen and oxygen atoms in total. The van der Waals surface area contributed by atoms with E-state index in [2.05, 4.69) is 9.68 Å². The molecule has 0 unspecified atom stereocenters. The second-order valence-corrected chi connectivity index (χ2v) is 1.40. The second-order valence-electron chi connectivity index (χ2n) is 1.05. The Labute approximate surface area is 45.0 Å². The zero-order valence-corrected chi connectivity index (χ0v) is 4.14. The number of hydrogen-bond donors (Lipinski definition) is 1. The van der Waals surface area contributed by atoms with Gasteiger partial charge in [0.25, 0.3) is 0 Å². The Bertz CT molecular complexity index is 145. The van der Waals surface area contributed by atoms with Gasteiger partial charge >= 0.3 is 0 Å². The number of anilines is 1. The minimum absolute atomic E-state index is 0.153. The molecule has 2 N–H and O–H groups in total. The maximum Gasteiger partial charge on any atom is 0.249 e. The number of halogens is 1.